The summed E-state index contributed by atoms with van der Waals surface area (Å²) < 4.78 is 12.8. The molecule has 0 aliphatic rings. The second kappa shape index (κ2) is 5.43. The van der Waals surface area contributed by atoms with Crippen LogP contribution in [0.4, 0.5) is 4.39 Å². The van der Waals surface area contributed by atoms with Gasteiger partial charge in [-0.2, -0.15) is 0 Å². The molecule has 0 aliphatic heterocycles. The van der Waals surface area contributed by atoms with Crippen LogP contribution in [0.5, 0.6) is 5.75 Å². The SMILES string of the molecule is Oc1cccc(SCc2ccc(F)cc2Cl)c1. The number of halogens is 2. The summed E-state index contributed by atoms with van der Waals surface area (Å²) in [7, 11) is 0. The molecule has 0 aromatic heterocycles. The Balaban J connectivity index is 2.07. The molecule has 17 heavy (non-hydrogen) atoms. The third-order valence-corrected chi connectivity index (χ3v) is 3.62. The van der Waals surface area contributed by atoms with Gasteiger partial charge in [0.05, 0.1) is 0 Å². The maximum absolute atomic E-state index is 12.8. The lowest BCUT2D eigenvalue weighted by atomic mass is 10.2. The second-order valence-electron chi connectivity index (χ2n) is 3.52. The fraction of sp³-hybridized carbons (Fsp3) is 0.0769. The molecule has 0 aliphatic carbocycles. The van der Waals surface area contributed by atoms with Crippen LogP contribution in [0.25, 0.3) is 0 Å². The number of hydrogen-bond acceptors (Lipinski definition) is 2. The summed E-state index contributed by atoms with van der Waals surface area (Å²) in [6.45, 7) is 0. The summed E-state index contributed by atoms with van der Waals surface area (Å²) in [5, 5.41) is 9.74. The summed E-state index contributed by atoms with van der Waals surface area (Å²) in [5.41, 5.74) is 0.876. The second-order valence-corrected chi connectivity index (χ2v) is 4.98. The molecule has 0 bridgehead atoms. The van der Waals surface area contributed by atoms with E-state index in [9.17, 15) is 9.50 Å². The van der Waals surface area contributed by atoms with Crippen LogP contribution in [0.1, 0.15) is 5.56 Å². The molecule has 0 amide bonds. The average molecular weight is 269 g/mol. The van der Waals surface area contributed by atoms with Crippen molar-refractivity contribution >= 4 is 23.4 Å². The first kappa shape index (κ1) is 12.3. The van der Waals surface area contributed by atoms with Gasteiger partial charge in [0.15, 0.2) is 0 Å². The molecular formula is C13H10ClFOS. The Morgan fingerprint density at radius 3 is 2.71 bits per heavy atom. The molecule has 2 aromatic carbocycles. The van der Waals surface area contributed by atoms with E-state index in [1.165, 1.54) is 12.1 Å². The number of thioether (sulfide) groups is 1. The first-order valence-electron chi connectivity index (χ1n) is 5.01. The van der Waals surface area contributed by atoms with Crippen molar-refractivity contribution in [2.75, 3.05) is 0 Å². The van der Waals surface area contributed by atoms with Crippen LogP contribution in [-0.2, 0) is 5.75 Å². The van der Waals surface area contributed by atoms with Gasteiger partial charge in [-0.25, -0.2) is 4.39 Å². The molecule has 0 fully saturated rings. The lowest BCUT2D eigenvalue weighted by Crippen LogP contribution is -1.84. The van der Waals surface area contributed by atoms with Crippen molar-refractivity contribution in [3.8, 4) is 5.75 Å². The maximum Gasteiger partial charge on any atom is 0.124 e. The van der Waals surface area contributed by atoms with Crippen molar-refractivity contribution in [2.24, 2.45) is 0 Å². The molecule has 0 atom stereocenters. The quantitative estimate of drug-likeness (QED) is 0.829. The van der Waals surface area contributed by atoms with E-state index in [2.05, 4.69) is 0 Å². The van der Waals surface area contributed by atoms with Gasteiger partial charge in [-0.1, -0.05) is 23.7 Å². The van der Waals surface area contributed by atoms with Crippen LogP contribution in [-0.4, -0.2) is 5.11 Å². The van der Waals surface area contributed by atoms with Gasteiger partial charge in [-0.05, 0) is 35.9 Å². The van der Waals surface area contributed by atoms with Gasteiger partial charge in [0.1, 0.15) is 11.6 Å². The predicted molar refractivity (Wildman–Crippen MR) is 69.1 cm³/mol. The minimum atomic E-state index is -0.332. The Kier molecular flexibility index (Phi) is 3.92. The van der Waals surface area contributed by atoms with Gasteiger partial charge in [-0.3, -0.25) is 0 Å². The highest BCUT2D eigenvalue weighted by molar-refractivity contribution is 7.98. The molecule has 88 valence electrons. The number of benzene rings is 2. The van der Waals surface area contributed by atoms with Crippen molar-refractivity contribution in [2.45, 2.75) is 10.6 Å². The van der Waals surface area contributed by atoms with Gasteiger partial charge in [0.2, 0.25) is 0 Å². The Morgan fingerprint density at radius 1 is 1.18 bits per heavy atom. The molecular weight excluding hydrogens is 259 g/mol. The molecule has 0 saturated heterocycles. The van der Waals surface area contributed by atoms with Gasteiger partial charge >= 0.3 is 0 Å². The largest absolute Gasteiger partial charge is 0.508 e. The Morgan fingerprint density at radius 2 is 2.00 bits per heavy atom. The predicted octanol–water partition coefficient (Wildman–Crippen LogP) is 4.48. The lowest BCUT2D eigenvalue weighted by Gasteiger charge is -2.04. The summed E-state index contributed by atoms with van der Waals surface area (Å²) in [6, 6.07) is 11.4. The Labute approximate surface area is 108 Å². The summed E-state index contributed by atoms with van der Waals surface area (Å²) >= 11 is 7.47. The monoisotopic (exact) mass is 268 g/mol. The van der Waals surface area contributed by atoms with Crippen molar-refractivity contribution < 1.29 is 9.50 Å². The maximum atomic E-state index is 12.8. The standard InChI is InChI=1S/C13H10ClFOS/c14-13-6-10(15)5-4-9(13)8-17-12-3-1-2-11(16)7-12/h1-7,16H,8H2. The third kappa shape index (κ3) is 3.38. The van der Waals surface area contributed by atoms with E-state index in [1.807, 2.05) is 6.07 Å². The molecule has 2 rings (SSSR count). The summed E-state index contributed by atoms with van der Waals surface area (Å²) in [5.74, 6) is 0.545. The first-order valence-corrected chi connectivity index (χ1v) is 6.37. The first-order chi connectivity index (χ1) is 8.15. The Hall–Kier alpha value is -1.19. The van der Waals surface area contributed by atoms with Crippen LogP contribution in [0.15, 0.2) is 47.4 Å². The number of aromatic hydroxyl groups is 1. The number of rotatable bonds is 3. The lowest BCUT2D eigenvalue weighted by molar-refractivity contribution is 0.474. The third-order valence-electron chi connectivity index (χ3n) is 2.23. The fourth-order valence-corrected chi connectivity index (χ4v) is 2.64. The normalized spacial score (nSPS) is 10.5. The molecule has 0 heterocycles. The van der Waals surface area contributed by atoms with Crippen LogP contribution in [0.2, 0.25) is 5.02 Å². The highest BCUT2D eigenvalue weighted by atomic mass is 35.5. The molecule has 0 saturated carbocycles. The van der Waals surface area contributed by atoms with E-state index >= 15 is 0 Å². The van der Waals surface area contributed by atoms with Gasteiger partial charge < -0.3 is 5.11 Å². The van der Waals surface area contributed by atoms with E-state index in [0.29, 0.717) is 10.8 Å². The topological polar surface area (TPSA) is 20.2 Å². The number of hydrogen-bond donors (Lipinski definition) is 1. The zero-order valence-electron chi connectivity index (χ0n) is 8.86. The minimum Gasteiger partial charge on any atom is -0.508 e. The van der Waals surface area contributed by atoms with E-state index < -0.39 is 0 Å². The number of phenolic OH excluding ortho intramolecular Hbond substituents is 1. The van der Waals surface area contributed by atoms with E-state index in [4.69, 9.17) is 11.6 Å². The highest BCUT2D eigenvalue weighted by Crippen LogP contribution is 2.28. The van der Waals surface area contributed by atoms with Crippen LogP contribution in [0, 0.1) is 5.82 Å². The zero-order chi connectivity index (χ0) is 12.3. The smallest absolute Gasteiger partial charge is 0.124 e. The molecule has 4 heteroatoms. The van der Waals surface area contributed by atoms with Crippen molar-refractivity contribution in [3.63, 3.8) is 0 Å². The van der Waals surface area contributed by atoms with Gasteiger partial charge in [0, 0.05) is 15.7 Å². The van der Waals surface area contributed by atoms with Gasteiger partial charge in [-0.15, -0.1) is 11.8 Å². The fourth-order valence-electron chi connectivity index (χ4n) is 1.37. The summed E-state index contributed by atoms with van der Waals surface area (Å²) in [6.07, 6.45) is 0. The van der Waals surface area contributed by atoms with Crippen molar-refractivity contribution in [1.82, 2.24) is 0 Å². The zero-order valence-corrected chi connectivity index (χ0v) is 10.4. The Bertz CT molecular complexity index is 531. The molecule has 0 spiro atoms. The van der Waals surface area contributed by atoms with Crippen LogP contribution < -0.4 is 0 Å². The van der Waals surface area contributed by atoms with E-state index in [1.54, 1.807) is 36.0 Å². The van der Waals surface area contributed by atoms with E-state index in [-0.39, 0.29) is 11.6 Å². The molecule has 0 radical (unpaired) electrons. The minimum absolute atomic E-state index is 0.236. The molecule has 1 nitrogen and oxygen atoms in total. The van der Waals surface area contributed by atoms with Gasteiger partial charge in [0.25, 0.3) is 0 Å². The average Bonchev–Trinajstić information content (AvgIpc) is 2.28. The van der Waals surface area contributed by atoms with Crippen molar-refractivity contribution in [3.05, 3.63) is 58.9 Å². The van der Waals surface area contributed by atoms with Crippen molar-refractivity contribution in [1.29, 1.82) is 0 Å². The highest BCUT2D eigenvalue weighted by Gasteiger charge is 2.03. The molecule has 2 aromatic rings. The van der Waals surface area contributed by atoms with Crippen LogP contribution in [0.3, 0.4) is 0 Å². The molecule has 0 unspecified atom stereocenters. The number of phenols is 1. The molecule has 1 N–H and O–H groups in total. The van der Waals surface area contributed by atoms with E-state index in [0.717, 1.165) is 10.5 Å². The van der Waals surface area contributed by atoms with Crippen LogP contribution >= 0.6 is 23.4 Å². The summed E-state index contributed by atoms with van der Waals surface area (Å²) in [4.78, 5) is 0.949.